The van der Waals surface area contributed by atoms with Crippen LogP contribution in [0.2, 0.25) is 0 Å². The third-order valence-corrected chi connectivity index (χ3v) is 5.41. The monoisotopic (exact) mass is 387 g/mol. The highest BCUT2D eigenvalue weighted by Crippen LogP contribution is 2.15. The van der Waals surface area contributed by atoms with Gasteiger partial charge in [-0.25, -0.2) is 13.8 Å². The van der Waals surface area contributed by atoms with E-state index in [1.54, 1.807) is 31.2 Å². The first kappa shape index (κ1) is 20.6. The predicted molar refractivity (Wildman–Crippen MR) is 109 cm³/mol. The molecule has 0 aliphatic rings. The van der Waals surface area contributed by atoms with Crippen LogP contribution in [0.25, 0.3) is 0 Å². The topological polar surface area (TPSA) is 78.8 Å². The predicted octanol–water partition coefficient (Wildman–Crippen LogP) is 3.09. The van der Waals surface area contributed by atoms with E-state index in [1.807, 2.05) is 12.1 Å². The SMILES string of the molecule is CCN(CC)c1ccc(C(=O)N/N=C(/C)c2ccc(S(C)(=O)=O)cc2)cc1. The van der Waals surface area contributed by atoms with E-state index < -0.39 is 9.84 Å². The van der Waals surface area contributed by atoms with Crippen LogP contribution >= 0.6 is 0 Å². The number of amides is 1. The fourth-order valence-corrected chi connectivity index (χ4v) is 3.25. The molecule has 0 radical (unpaired) electrons. The molecule has 0 saturated carbocycles. The van der Waals surface area contributed by atoms with Gasteiger partial charge in [0.1, 0.15) is 0 Å². The first-order valence-corrected chi connectivity index (χ1v) is 10.7. The first-order valence-electron chi connectivity index (χ1n) is 8.76. The van der Waals surface area contributed by atoms with Crippen LogP contribution in [0.4, 0.5) is 5.69 Å². The van der Waals surface area contributed by atoms with Crippen LogP contribution in [0, 0.1) is 0 Å². The summed E-state index contributed by atoms with van der Waals surface area (Å²) in [6, 6.07) is 13.8. The van der Waals surface area contributed by atoms with E-state index in [4.69, 9.17) is 0 Å². The van der Waals surface area contributed by atoms with Crippen LogP contribution in [-0.2, 0) is 9.84 Å². The van der Waals surface area contributed by atoms with Gasteiger partial charge in [0.15, 0.2) is 9.84 Å². The number of benzene rings is 2. The Bertz CT molecular complexity index is 914. The van der Waals surface area contributed by atoms with Crippen molar-refractivity contribution in [1.82, 2.24) is 5.43 Å². The van der Waals surface area contributed by atoms with Gasteiger partial charge in [-0.05, 0) is 62.7 Å². The quantitative estimate of drug-likeness (QED) is 0.585. The molecule has 1 amide bonds. The zero-order chi connectivity index (χ0) is 20.0. The van der Waals surface area contributed by atoms with Gasteiger partial charge in [-0.2, -0.15) is 5.10 Å². The van der Waals surface area contributed by atoms with Gasteiger partial charge in [0.2, 0.25) is 0 Å². The highest BCUT2D eigenvalue weighted by atomic mass is 32.2. The minimum Gasteiger partial charge on any atom is -0.372 e. The zero-order valence-corrected chi connectivity index (χ0v) is 16.9. The van der Waals surface area contributed by atoms with E-state index in [2.05, 4.69) is 29.3 Å². The van der Waals surface area contributed by atoms with Crippen LogP contribution in [0.3, 0.4) is 0 Å². The second-order valence-electron chi connectivity index (χ2n) is 6.15. The van der Waals surface area contributed by atoms with Crippen molar-refractivity contribution in [1.29, 1.82) is 0 Å². The minimum atomic E-state index is -3.23. The number of carbonyl (C=O) groups excluding carboxylic acids is 1. The zero-order valence-electron chi connectivity index (χ0n) is 16.1. The number of rotatable bonds is 7. The Morgan fingerprint density at radius 2 is 1.48 bits per heavy atom. The normalized spacial score (nSPS) is 11.9. The summed E-state index contributed by atoms with van der Waals surface area (Å²) in [5, 5.41) is 4.11. The number of carbonyl (C=O) groups is 1. The Morgan fingerprint density at radius 1 is 0.963 bits per heavy atom. The minimum absolute atomic E-state index is 0.247. The summed E-state index contributed by atoms with van der Waals surface area (Å²) < 4.78 is 23.0. The molecule has 27 heavy (non-hydrogen) atoms. The second-order valence-corrected chi connectivity index (χ2v) is 8.17. The van der Waals surface area contributed by atoms with Crippen LogP contribution in [0.5, 0.6) is 0 Å². The maximum Gasteiger partial charge on any atom is 0.271 e. The summed E-state index contributed by atoms with van der Waals surface area (Å²) in [6.07, 6.45) is 1.16. The van der Waals surface area contributed by atoms with E-state index in [9.17, 15) is 13.2 Å². The summed E-state index contributed by atoms with van der Waals surface area (Å²) >= 11 is 0. The summed E-state index contributed by atoms with van der Waals surface area (Å²) in [5.41, 5.74) is 5.45. The van der Waals surface area contributed by atoms with Gasteiger partial charge in [0, 0.05) is 30.6 Å². The maximum absolute atomic E-state index is 12.3. The van der Waals surface area contributed by atoms with Gasteiger partial charge in [-0.15, -0.1) is 0 Å². The molecule has 0 spiro atoms. The summed E-state index contributed by atoms with van der Waals surface area (Å²) in [4.78, 5) is 14.7. The Labute approximate surface area is 160 Å². The van der Waals surface area contributed by atoms with Gasteiger partial charge in [-0.1, -0.05) is 12.1 Å². The van der Waals surface area contributed by atoms with E-state index >= 15 is 0 Å². The number of hydrogen-bond donors (Lipinski definition) is 1. The van der Waals surface area contributed by atoms with Gasteiger partial charge >= 0.3 is 0 Å². The second kappa shape index (κ2) is 8.81. The van der Waals surface area contributed by atoms with Crippen LogP contribution < -0.4 is 10.3 Å². The molecule has 0 aliphatic heterocycles. The van der Waals surface area contributed by atoms with Crippen LogP contribution in [0.1, 0.15) is 36.7 Å². The third-order valence-electron chi connectivity index (χ3n) is 4.28. The number of nitrogens with zero attached hydrogens (tertiary/aromatic N) is 2. The lowest BCUT2D eigenvalue weighted by atomic mass is 10.1. The van der Waals surface area contributed by atoms with Crippen molar-refractivity contribution in [3.63, 3.8) is 0 Å². The summed E-state index contributed by atoms with van der Waals surface area (Å²) in [6.45, 7) is 7.74. The van der Waals surface area contributed by atoms with E-state index in [-0.39, 0.29) is 10.8 Å². The van der Waals surface area contributed by atoms with Crippen molar-refractivity contribution >= 4 is 27.1 Å². The number of sulfone groups is 1. The van der Waals surface area contributed by atoms with Crippen molar-refractivity contribution in [2.45, 2.75) is 25.7 Å². The smallest absolute Gasteiger partial charge is 0.271 e. The number of anilines is 1. The number of nitrogens with one attached hydrogen (secondary N) is 1. The Kier molecular flexibility index (Phi) is 6.74. The van der Waals surface area contributed by atoms with Crippen molar-refractivity contribution < 1.29 is 13.2 Å². The molecule has 0 atom stereocenters. The van der Waals surface area contributed by atoms with Crippen LogP contribution in [0.15, 0.2) is 58.5 Å². The average Bonchev–Trinajstić information content (AvgIpc) is 2.66. The molecule has 144 valence electrons. The molecule has 2 rings (SSSR count). The molecule has 0 fully saturated rings. The third kappa shape index (κ3) is 5.40. The molecule has 0 bridgehead atoms. The van der Waals surface area contributed by atoms with Crippen LogP contribution in [-0.4, -0.2) is 39.4 Å². The molecule has 6 nitrogen and oxygen atoms in total. The largest absolute Gasteiger partial charge is 0.372 e. The van der Waals surface area contributed by atoms with Crippen molar-refractivity contribution in [3.8, 4) is 0 Å². The number of hydrogen-bond acceptors (Lipinski definition) is 5. The highest BCUT2D eigenvalue weighted by Gasteiger charge is 2.09. The molecular formula is C20H25N3O3S. The Hall–Kier alpha value is -2.67. The molecule has 0 unspecified atom stereocenters. The lowest BCUT2D eigenvalue weighted by Gasteiger charge is -2.20. The molecule has 7 heteroatoms. The maximum atomic E-state index is 12.3. The van der Waals surface area contributed by atoms with E-state index in [1.165, 1.54) is 12.1 Å². The molecule has 1 N–H and O–H groups in total. The summed E-state index contributed by atoms with van der Waals surface area (Å²) in [7, 11) is -3.23. The van der Waals surface area contributed by atoms with Gasteiger partial charge in [0.25, 0.3) is 5.91 Å². The van der Waals surface area contributed by atoms with Crippen molar-refractivity contribution in [2.75, 3.05) is 24.2 Å². The molecule has 2 aromatic carbocycles. The van der Waals surface area contributed by atoms with Gasteiger partial charge in [0.05, 0.1) is 10.6 Å². The van der Waals surface area contributed by atoms with Crippen molar-refractivity contribution in [3.05, 3.63) is 59.7 Å². The molecule has 0 saturated heterocycles. The lowest BCUT2D eigenvalue weighted by Crippen LogP contribution is -2.22. The highest BCUT2D eigenvalue weighted by molar-refractivity contribution is 7.90. The lowest BCUT2D eigenvalue weighted by molar-refractivity contribution is 0.0955. The summed E-state index contributed by atoms with van der Waals surface area (Å²) in [5.74, 6) is -0.298. The standard InChI is InChI=1S/C20H25N3O3S/c1-5-23(6-2)18-11-7-17(8-12-18)20(24)22-21-15(3)16-9-13-19(14-10-16)27(4,25)26/h7-14H,5-6H2,1-4H3,(H,22,24)/b21-15-. The Morgan fingerprint density at radius 3 is 1.96 bits per heavy atom. The molecular weight excluding hydrogens is 362 g/mol. The average molecular weight is 388 g/mol. The van der Waals surface area contributed by atoms with Gasteiger partial charge in [-0.3, -0.25) is 4.79 Å². The fraction of sp³-hybridized carbons (Fsp3) is 0.300. The van der Waals surface area contributed by atoms with Crippen molar-refractivity contribution in [2.24, 2.45) is 5.10 Å². The van der Waals surface area contributed by atoms with E-state index in [0.29, 0.717) is 11.3 Å². The van der Waals surface area contributed by atoms with E-state index in [0.717, 1.165) is 30.6 Å². The molecule has 0 aromatic heterocycles. The molecule has 2 aromatic rings. The fourth-order valence-electron chi connectivity index (χ4n) is 2.62. The number of hydrazone groups is 1. The Balaban J connectivity index is 2.07. The molecule has 0 heterocycles. The first-order chi connectivity index (χ1) is 12.8. The molecule has 0 aliphatic carbocycles. The van der Waals surface area contributed by atoms with Gasteiger partial charge < -0.3 is 4.90 Å².